The maximum absolute atomic E-state index is 12.9. The van der Waals surface area contributed by atoms with Crippen LogP contribution in [0.5, 0.6) is 0 Å². The minimum absolute atomic E-state index is 0.192. The van der Waals surface area contributed by atoms with Crippen LogP contribution < -0.4 is 5.32 Å². The first-order chi connectivity index (χ1) is 8.25. The van der Waals surface area contributed by atoms with Crippen LogP contribution in [0.25, 0.3) is 0 Å². The fraction of sp³-hybridized carbons (Fsp3) is 0.143. The number of anilines is 1. The van der Waals surface area contributed by atoms with Crippen molar-refractivity contribution in [1.82, 2.24) is 0 Å². The van der Waals surface area contributed by atoms with Gasteiger partial charge in [-0.25, -0.2) is 4.39 Å². The van der Waals surface area contributed by atoms with Gasteiger partial charge in [-0.1, -0.05) is 30.3 Å². The van der Waals surface area contributed by atoms with Gasteiger partial charge in [0.05, 0.1) is 0 Å². The van der Waals surface area contributed by atoms with E-state index in [1.807, 2.05) is 18.2 Å². The highest BCUT2D eigenvalue weighted by Crippen LogP contribution is 2.18. The molecule has 0 heterocycles. The maximum Gasteiger partial charge on any atom is 0.124 e. The highest BCUT2D eigenvalue weighted by atomic mass is 127. The van der Waals surface area contributed by atoms with Crippen molar-refractivity contribution in [3.63, 3.8) is 0 Å². The predicted octanol–water partition coefficient (Wildman–Crippen LogP) is 4.08. The summed E-state index contributed by atoms with van der Waals surface area (Å²) in [4.78, 5) is 0. The van der Waals surface area contributed by atoms with Crippen molar-refractivity contribution in [2.24, 2.45) is 0 Å². The molecule has 3 heteroatoms. The molecular weight excluding hydrogens is 328 g/mol. The Morgan fingerprint density at radius 1 is 1.06 bits per heavy atom. The zero-order valence-electron chi connectivity index (χ0n) is 9.29. The van der Waals surface area contributed by atoms with E-state index in [-0.39, 0.29) is 5.82 Å². The van der Waals surface area contributed by atoms with Gasteiger partial charge < -0.3 is 5.32 Å². The quantitative estimate of drug-likeness (QED) is 0.827. The van der Waals surface area contributed by atoms with E-state index in [1.54, 1.807) is 6.07 Å². The summed E-state index contributed by atoms with van der Waals surface area (Å²) in [5.74, 6) is -0.192. The van der Waals surface area contributed by atoms with Gasteiger partial charge in [-0.15, -0.1) is 0 Å². The Balaban J connectivity index is 1.90. The molecule has 1 nitrogen and oxygen atoms in total. The first kappa shape index (κ1) is 12.4. The summed E-state index contributed by atoms with van der Waals surface area (Å²) in [5.41, 5.74) is 2.29. The summed E-state index contributed by atoms with van der Waals surface area (Å²) in [7, 11) is 0. The van der Waals surface area contributed by atoms with Gasteiger partial charge in [0.25, 0.3) is 0 Å². The maximum atomic E-state index is 12.9. The second-order valence-electron chi connectivity index (χ2n) is 3.79. The molecule has 2 rings (SSSR count). The van der Waals surface area contributed by atoms with Gasteiger partial charge >= 0.3 is 0 Å². The van der Waals surface area contributed by atoms with E-state index in [2.05, 4.69) is 40.0 Å². The predicted molar refractivity (Wildman–Crippen MR) is 77.8 cm³/mol. The Morgan fingerprint density at radius 2 is 1.82 bits per heavy atom. The minimum atomic E-state index is -0.192. The number of halogens is 2. The second-order valence-corrected chi connectivity index (χ2v) is 4.95. The van der Waals surface area contributed by atoms with E-state index in [1.165, 1.54) is 17.7 Å². The van der Waals surface area contributed by atoms with Crippen molar-refractivity contribution in [3.8, 4) is 0 Å². The molecule has 1 N–H and O–H groups in total. The minimum Gasteiger partial charge on any atom is -0.384 e. The molecule has 0 spiro atoms. The molecule has 0 aliphatic carbocycles. The molecule has 17 heavy (non-hydrogen) atoms. The van der Waals surface area contributed by atoms with Crippen LogP contribution in [0.4, 0.5) is 10.1 Å². The lowest BCUT2D eigenvalue weighted by atomic mass is 10.1. The number of nitrogens with one attached hydrogen (secondary N) is 1. The normalized spacial score (nSPS) is 10.2. The van der Waals surface area contributed by atoms with Crippen molar-refractivity contribution < 1.29 is 4.39 Å². The topological polar surface area (TPSA) is 12.0 Å². The largest absolute Gasteiger partial charge is 0.384 e. The van der Waals surface area contributed by atoms with Crippen LogP contribution in [0.3, 0.4) is 0 Å². The molecule has 2 aromatic carbocycles. The van der Waals surface area contributed by atoms with E-state index < -0.39 is 0 Å². The summed E-state index contributed by atoms with van der Waals surface area (Å²) in [6, 6.07) is 15.1. The molecule has 88 valence electrons. The van der Waals surface area contributed by atoms with Gasteiger partial charge in [0.15, 0.2) is 0 Å². The molecule has 0 unspecified atom stereocenters. The second kappa shape index (κ2) is 6.00. The van der Waals surface area contributed by atoms with E-state index in [4.69, 9.17) is 0 Å². The molecule has 0 aliphatic heterocycles. The number of rotatable bonds is 4. The average Bonchev–Trinajstić information content (AvgIpc) is 2.33. The highest BCUT2D eigenvalue weighted by molar-refractivity contribution is 14.1. The van der Waals surface area contributed by atoms with E-state index >= 15 is 0 Å². The zero-order chi connectivity index (χ0) is 12.1. The fourth-order valence-corrected chi connectivity index (χ4v) is 2.29. The van der Waals surface area contributed by atoms with Crippen LogP contribution in [0.1, 0.15) is 5.56 Å². The van der Waals surface area contributed by atoms with E-state index in [0.717, 1.165) is 22.2 Å². The lowest BCUT2D eigenvalue weighted by Gasteiger charge is -2.08. The molecule has 0 radical (unpaired) electrons. The highest BCUT2D eigenvalue weighted by Gasteiger charge is 2.00. The van der Waals surface area contributed by atoms with Crippen LogP contribution in [0.2, 0.25) is 0 Å². The Kier molecular flexibility index (Phi) is 4.36. The molecule has 0 saturated heterocycles. The molecule has 0 atom stereocenters. The van der Waals surface area contributed by atoms with Crippen molar-refractivity contribution in [3.05, 3.63) is 63.5 Å². The Labute approximate surface area is 114 Å². The molecule has 0 fully saturated rings. The van der Waals surface area contributed by atoms with Crippen LogP contribution in [0.15, 0.2) is 48.5 Å². The van der Waals surface area contributed by atoms with Gasteiger partial charge in [0.1, 0.15) is 5.82 Å². The van der Waals surface area contributed by atoms with Crippen LogP contribution in [0, 0.1) is 9.39 Å². The van der Waals surface area contributed by atoms with Crippen LogP contribution in [-0.2, 0) is 6.42 Å². The van der Waals surface area contributed by atoms with Gasteiger partial charge in [-0.3, -0.25) is 0 Å². The van der Waals surface area contributed by atoms with Gasteiger partial charge in [0, 0.05) is 15.8 Å². The third kappa shape index (κ3) is 3.70. The number of hydrogen-bond acceptors (Lipinski definition) is 1. The van der Waals surface area contributed by atoms with Gasteiger partial charge in [-0.05, 0) is 52.8 Å². The third-order valence-electron chi connectivity index (χ3n) is 2.50. The molecule has 2 aromatic rings. The van der Waals surface area contributed by atoms with Crippen molar-refractivity contribution in [2.45, 2.75) is 6.42 Å². The standard InChI is InChI=1S/C14H13FIN/c15-12-6-7-14(13(16)10-12)17-9-8-11-4-2-1-3-5-11/h1-7,10,17H,8-9H2. The summed E-state index contributed by atoms with van der Waals surface area (Å²) in [6.07, 6.45) is 0.967. The van der Waals surface area contributed by atoms with Crippen molar-refractivity contribution in [1.29, 1.82) is 0 Å². The van der Waals surface area contributed by atoms with Crippen LogP contribution >= 0.6 is 22.6 Å². The summed E-state index contributed by atoms with van der Waals surface area (Å²) >= 11 is 2.14. The number of hydrogen-bond donors (Lipinski definition) is 1. The average molecular weight is 341 g/mol. The lowest BCUT2D eigenvalue weighted by molar-refractivity contribution is 0.627. The molecule has 0 aliphatic rings. The van der Waals surface area contributed by atoms with E-state index in [0.29, 0.717) is 0 Å². The van der Waals surface area contributed by atoms with Gasteiger partial charge in [0.2, 0.25) is 0 Å². The molecule has 0 amide bonds. The molecule has 0 bridgehead atoms. The summed E-state index contributed by atoms with van der Waals surface area (Å²) in [6.45, 7) is 0.853. The van der Waals surface area contributed by atoms with Crippen LogP contribution in [-0.4, -0.2) is 6.54 Å². The summed E-state index contributed by atoms with van der Waals surface area (Å²) in [5, 5.41) is 3.31. The Hall–Kier alpha value is -1.10. The Bertz CT molecular complexity index is 485. The lowest BCUT2D eigenvalue weighted by Crippen LogP contribution is -2.06. The van der Waals surface area contributed by atoms with Crippen molar-refractivity contribution >= 4 is 28.3 Å². The first-order valence-corrected chi connectivity index (χ1v) is 6.56. The smallest absolute Gasteiger partial charge is 0.124 e. The van der Waals surface area contributed by atoms with Crippen molar-refractivity contribution in [2.75, 3.05) is 11.9 Å². The van der Waals surface area contributed by atoms with Gasteiger partial charge in [-0.2, -0.15) is 0 Å². The monoisotopic (exact) mass is 341 g/mol. The SMILES string of the molecule is Fc1ccc(NCCc2ccccc2)c(I)c1. The summed E-state index contributed by atoms with van der Waals surface area (Å²) < 4.78 is 13.8. The zero-order valence-corrected chi connectivity index (χ0v) is 11.4. The third-order valence-corrected chi connectivity index (χ3v) is 3.40. The molecular formula is C14H13FIN. The first-order valence-electron chi connectivity index (χ1n) is 5.48. The molecule has 0 saturated carbocycles. The number of benzene rings is 2. The fourth-order valence-electron chi connectivity index (χ4n) is 1.62. The Morgan fingerprint density at radius 3 is 2.53 bits per heavy atom. The van der Waals surface area contributed by atoms with E-state index in [9.17, 15) is 4.39 Å². The molecule has 0 aromatic heterocycles.